The summed E-state index contributed by atoms with van der Waals surface area (Å²) in [5, 5.41) is 0.779. The van der Waals surface area contributed by atoms with Gasteiger partial charge in [0.15, 0.2) is 11.5 Å². The van der Waals surface area contributed by atoms with Crippen molar-refractivity contribution >= 4 is 27.4 Å². The fourth-order valence-corrected chi connectivity index (χ4v) is 2.86. The van der Waals surface area contributed by atoms with Crippen molar-refractivity contribution in [2.75, 3.05) is 18.9 Å². The molecule has 4 rings (SSSR count). The minimum atomic E-state index is 0.581. The molecule has 1 aliphatic heterocycles. The van der Waals surface area contributed by atoms with E-state index in [0.29, 0.717) is 13.2 Å². The molecular weight excluding hydrogens is 262 g/mol. The molecule has 0 saturated carbocycles. The second-order valence-electron chi connectivity index (χ2n) is 4.30. The van der Waals surface area contributed by atoms with Gasteiger partial charge in [-0.3, -0.25) is 0 Å². The summed E-state index contributed by atoms with van der Waals surface area (Å²) in [5.41, 5.74) is 7.55. The largest absolute Gasteiger partial charge is 0.486 e. The number of aromatic amines is 1. The van der Waals surface area contributed by atoms with Crippen molar-refractivity contribution in [1.29, 1.82) is 0 Å². The van der Waals surface area contributed by atoms with E-state index in [9.17, 15) is 0 Å². The lowest BCUT2D eigenvalue weighted by Crippen LogP contribution is -2.15. The van der Waals surface area contributed by atoms with Crippen LogP contribution in [-0.2, 0) is 0 Å². The van der Waals surface area contributed by atoms with Crippen LogP contribution in [0.25, 0.3) is 21.7 Å². The molecule has 3 aromatic rings. The van der Waals surface area contributed by atoms with E-state index in [4.69, 9.17) is 15.2 Å². The van der Waals surface area contributed by atoms with Gasteiger partial charge >= 0.3 is 0 Å². The van der Waals surface area contributed by atoms with Gasteiger partial charge in [0.2, 0.25) is 0 Å². The molecule has 0 saturated heterocycles. The number of benzene rings is 1. The van der Waals surface area contributed by atoms with Gasteiger partial charge in [-0.2, -0.15) is 0 Å². The number of nitrogens with one attached hydrogen (secondary N) is 1. The molecule has 6 heteroatoms. The number of hydrogen-bond donors (Lipinski definition) is 2. The number of nitrogen functional groups attached to an aromatic ring is 1. The van der Waals surface area contributed by atoms with Crippen LogP contribution in [0.15, 0.2) is 24.3 Å². The van der Waals surface area contributed by atoms with Gasteiger partial charge in [-0.1, -0.05) is 0 Å². The Hall–Kier alpha value is -2.21. The van der Waals surface area contributed by atoms with E-state index in [2.05, 4.69) is 9.97 Å². The van der Waals surface area contributed by atoms with Crippen LogP contribution in [0.2, 0.25) is 0 Å². The maximum atomic E-state index is 5.75. The Morgan fingerprint density at radius 1 is 1.16 bits per heavy atom. The topological polar surface area (TPSA) is 73.2 Å². The van der Waals surface area contributed by atoms with Crippen molar-refractivity contribution in [1.82, 2.24) is 9.97 Å². The first-order chi connectivity index (χ1) is 9.29. The molecule has 3 N–H and O–H groups in total. The van der Waals surface area contributed by atoms with Crippen LogP contribution < -0.4 is 15.2 Å². The van der Waals surface area contributed by atoms with Crippen molar-refractivity contribution in [3.63, 3.8) is 0 Å². The molecule has 0 atom stereocenters. The minimum absolute atomic E-state index is 0.581. The van der Waals surface area contributed by atoms with Crippen LogP contribution in [0.3, 0.4) is 0 Å². The van der Waals surface area contributed by atoms with Gasteiger partial charge in [0.1, 0.15) is 19.0 Å². The zero-order chi connectivity index (χ0) is 12.8. The predicted molar refractivity (Wildman–Crippen MR) is 74.8 cm³/mol. The third-order valence-corrected chi connectivity index (χ3v) is 3.93. The van der Waals surface area contributed by atoms with Crippen molar-refractivity contribution in [2.45, 2.75) is 0 Å². The standard InChI is InChI=1S/C13H11N3O2S/c14-12-2-1-11(19-12)13-15-7-5-9-10(6-8(7)16-13)18-4-3-17-9/h1-2,5-6H,3-4,14H2,(H,15,16). The fraction of sp³-hybridized carbons (Fsp3) is 0.154. The van der Waals surface area contributed by atoms with E-state index in [-0.39, 0.29) is 0 Å². The molecule has 5 nitrogen and oxygen atoms in total. The van der Waals surface area contributed by atoms with Gasteiger partial charge in [0.05, 0.1) is 20.9 Å². The fourth-order valence-electron chi connectivity index (χ4n) is 2.14. The van der Waals surface area contributed by atoms with Gasteiger partial charge in [0, 0.05) is 12.1 Å². The van der Waals surface area contributed by atoms with E-state index in [0.717, 1.165) is 38.2 Å². The summed E-state index contributed by atoms with van der Waals surface area (Å²) in [7, 11) is 0. The van der Waals surface area contributed by atoms with Gasteiger partial charge in [-0.25, -0.2) is 4.98 Å². The first-order valence-corrected chi connectivity index (χ1v) is 6.76. The highest BCUT2D eigenvalue weighted by molar-refractivity contribution is 7.19. The Balaban J connectivity index is 1.87. The summed E-state index contributed by atoms with van der Waals surface area (Å²) in [6.45, 7) is 1.16. The Bertz CT molecular complexity index is 719. The average Bonchev–Trinajstić information content (AvgIpc) is 3.01. The summed E-state index contributed by atoms with van der Waals surface area (Å²) in [5.74, 6) is 2.33. The molecule has 0 radical (unpaired) electrons. The van der Waals surface area contributed by atoms with E-state index >= 15 is 0 Å². The van der Waals surface area contributed by atoms with Crippen molar-refractivity contribution in [3.8, 4) is 22.2 Å². The number of thiophene rings is 1. The van der Waals surface area contributed by atoms with Crippen LogP contribution >= 0.6 is 11.3 Å². The van der Waals surface area contributed by atoms with Crippen LogP contribution in [0.4, 0.5) is 5.00 Å². The van der Waals surface area contributed by atoms with Crippen LogP contribution in [0.1, 0.15) is 0 Å². The zero-order valence-corrected chi connectivity index (χ0v) is 10.8. The number of imidazole rings is 1. The van der Waals surface area contributed by atoms with E-state index in [1.165, 1.54) is 11.3 Å². The number of nitrogens with zero attached hydrogens (tertiary/aromatic N) is 1. The molecule has 96 valence electrons. The van der Waals surface area contributed by atoms with Crippen LogP contribution in [0, 0.1) is 0 Å². The Kier molecular flexibility index (Phi) is 2.19. The lowest BCUT2D eigenvalue weighted by Gasteiger charge is -2.17. The lowest BCUT2D eigenvalue weighted by molar-refractivity contribution is 0.172. The number of aromatic nitrogens is 2. The number of nitrogens with two attached hydrogens (primary N) is 1. The summed E-state index contributed by atoms with van der Waals surface area (Å²) >= 11 is 1.51. The Labute approximate surface area is 113 Å². The first-order valence-electron chi connectivity index (χ1n) is 5.95. The molecule has 19 heavy (non-hydrogen) atoms. The summed E-state index contributed by atoms with van der Waals surface area (Å²) in [6, 6.07) is 7.67. The Morgan fingerprint density at radius 2 is 1.95 bits per heavy atom. The van der Waals surface area contributed by atoms with Crippen molar-refractivity contribution in [2.24, 2.45) is 0 Å². The van der Waals surface area contributed by atoms with Gasteiger partial charge in [-0.15, -0.1) is 11.3 Å². The minimum Gasteiger partial charge on any atom is -0.486 e. The van der Waals surface area contributed by atoms with E-state index in [1.807, 2.05) is 24.3 Å². The second kappa shape index (κ2) is 3.89. The van der Waals surface area contributed by atoms with Crippen LogP contribution in [0.5, 0.6) is 11.5 Å². The molecule has 0 aliphatic carbocycles. The predicted octanol–water partition coefficient (Wildman–Crippen LogP) is 2.64. The van der Waals surface area contributed by atoms with Gasteiger partial charge in [-0.05, 0) is 12.1 Å². The maximum absolute atomic E-state index is 5.75. The quantitative estimate of drug-likeness (QED) is 0.715. The van der Waals surface area contributed by atoms with Gasteiger partial charge < -0.3 is 20.2 Å². The molecule has 0 unspecified atom stereocenters. The summed E-state index contributed by atoms with van der Waals surface area (Å²) in [6.07, 6.45) is 0. The number of rotatable bonds is 1. The van der Waals surface area contributed by atoms with Crippen LogP contribution in [-0.4, -0.2) is 23.2 Å². The molecule has 2 aromatic heterocycles. The third-order valence-electron chi connectivity index (χ3n) is 3.01. The first kappa shape index (κ1) is 10.7. The highest BCUT2D eigenvalue weighted by Gasteiger charge is 2.15. The number of H-pyrrole nitrogens is 1. The smallest absolute Gasteiger partial charge is 0.163 e. The molecule has 1 aliphatic rings. The van der Waals surface area contributed by atoms with Gasteiger partial charge in [0.25, 0.3) is 0 Å². The number of fused-ring (bicyclic) bond motifs is 2. The molecule has 0 fully saturated rings. The number of hydrogen-bond acceptors (Lipinski definition) is 5. The van der Waals surface area contributed by atoms with Crippen molar-refractivity contribution < 1.29 is 9.47 Å². The second-order valence-corrected chi connectivity index (χ2v) is 5.42. The molecular formula is C13H11N3O2S. The average molecular weight is 273 g/mol. The normalized spacial score (nSPS) is 13.9. The highest BCUT2D eigenvalue weighted by Crippen LogP contribution is 2.35. The monoisotopic (exact) mass is 273 g/mol. The third kappa shape index (κ3) is 1.72. The zero-order valence-electron chi connectivity index (χ0n) is 9.97. The van der Waals surface area contributed by atoms with Crippen molar-refractivity contribution in [3.05, 3.63) is 24.3 Å². The van der Waals surface area contributed by atoms with E-state index < -0.39 is 0 Å². The maximum Gasteiger partial charge on any atom is 0.163 e. The lowest BCUT2D eigenvalue weighted by atomic mass is 10.2. The Morgan fingerprint density at radius 3 is 2.68 bits per heavy atom. The molecule has 0 amide bonds. The summed E-state index contributed by atoms with van der Waals surface area (Å²) in [4.78, 5) is 8.87. The molecule has 0 bridgehead atoms. The highest BCUT2D eigenvalue weighted by atomic mass is 32.1. The molecule has 0 spiro atoms. The summed E-state index contributed by atoms with van der Waals surface area (Å²) < 4.78 is 11.1. The van der Waals surface area contributed by atoms with E-state index in [1.54, 1.807) is 0 Å². The SMILES string of the molecule is Nc1ccc(-c2nc3cc4c(cc3[nH]2)OCCO4)s1. The number of ether oxygens (including phenoxy) is 2. The molecule has 1 aromatic carbocycles. The molecule has 3 heterocycles. The number of anilines is 1.